The number of hydrogen-bond donors (Lipinski definition) is 2. The van der Waals surface area contributed by atoms with Gasteiger partial charge in [0, 0.05) is 6.07 Å². The molecule has 0 atom stereocenters. The molecular formula is C12H8F3N5O2. The molecule has 0 aliphatic rings. The van der Waals surface area contributed by atoms with Crippen LogP contribution in [0.15, 0.2) is 28.8 Å². The van der Waals surface area contributed by atoms with E-state index in [1.807, 2.05) is 0 Å². The van der Waals surface area contributed by atoms with Crippen LogP contribution in [0.25, 0.3) is 16.7 Å². The number of nitrogens with zero attached hydrogens (tertiary/aromatic N) is 3. The van der Waals surface area contributed by atoms with Gasteiger partial charge in [0.1, 0.15) is 5.69 Å². The maximum Gasteiger partial charge on any atom is 0.435 e. The van der Waals surface area contributed by atoms with Crippen molar-refractivity contribution in [2.45, 2.75) is 6.18 Å². The van der Waals surface area contributed by atoms with Crippen LogP contribution in [0.2, 0.25) is 0 Å². The second-order valence-electron chi connectivity index (χ2n) is 4.44. The summed E-state index contributed by atoms with van der Waals surface area (Å²) in [6, 6.07) is 4.85. The van der Waals surface area contributed by atoms with Crippen molar-refractivity contribution in [1.82, 2.24) is 14.9 Å². The molecule has 1 aromatic carbocycles. The minimum Gasteiger partial charge on any atom is -0.380 e. The Morgan fingerprint density at radius 1 is 1.27 bits per heavy atom. The van der Waals surface area contributed by atoms with E-state index < -0.39 is 23.5 Å². The van der Waals surface area contributed by atoms with Gasteiger partial charge in [0.25, 0.3) is 5.91 Å². The van der Waals surface area contributed by atoms with Crippen LogP contribution in [0.3, 0.4) is 0 Å². The summed E-state index contributed by atoms with van der Waals surface area (Å²) in [5.41, 5.74) is 9.60. The molecule has 10 heteroatoms. The Morgan fingerprint density at radius 3 is 2.64 bits per heavy atom. The van der Waals surface area contributed by atoms with E-state index in [0.717, 1.165) is 4.68 Å². The first-order chi connectivity index (χ1) is 10.3. The number of primary amides is 1. The first-order valence-corrected chi connectivity index (χ1v) is 5.89. The summed E-state index contributed by atoms with van der Waals surface area (Å²) in [7, 11) is 0. The van der Waals surface area contributed by atoms with Crippen molar-refractivity contribution in [1.29, 1.82) is 0 Å². The van der Waals surface area contributed by atoms with Gasteiger partial charge in [-0.3, -0.25) is 4.79 Å². The van der Waals surface area contributed by atoms with Gasteiger partial charge in [0.15, 0.2) is 17.1 Å². The number of alkyl halides is 3. The Morgan fingerprint density at radius 2 is 2.00 bits per heavy atom. The number of aromatic nitrogens is 3. The van der Waals surface area contributed by atoms with Crippen LogP contribution in [0.5, 0.6) is 0 Å². The molecule has 0 saturated heterocycles. The molecule has 4 N–H and O–H groups in total. The zero-order chi connectivity index (χ0) is 16.1. The summed E-state index contributed by atoms with van der Waals surface area (Å²) in [6.45, 7) is 0. The van der Waals surface area contributed by atoms with Crippen LogP contribution in [0, 0.1) is 0 Å². The quantitative estimate of drug-likeness (QED) is 0.748. The predicted octanol–water partition coefficient (Wildman–Crippen LogP) is 1.71. The van der Waals surface area contributed by atoms with E-state index in [-0.39, 0.29) is 11.5 Å². The van der Waals surface area contributed by atoms with E-state index in [2.05, 4.69) is 10.3 Å². The molecule has 0 radical (unpaired) electrons. The average molecular weight is 311 g/mol. The molecule has 0 bridgehead atoms. The minimum absolute atomic E-state index is 0.0701. The molecule has 114 valence electrons. The number of hydrogen-bond acceptors (Lipinski definition) is 5. The Balaban J connectivity index is 2.22. The third kappa shape index (κ3) is 2.14. The Bertz CT molecular complexity index is 881. The summed E-state index contributed by atoms with van der Waals surface area (Å²) in [6.07, 6.45) is -4.70. The van der Waals surface area contributed by atoms with E-state index in [1.54, 1.807) is 0 Å². The van der Waals surface area contributed by atoms with Crippen LogP contribution in [-0.2, 0) is 6.18 Å². The van der Waals surface area contributed by atoms with Crippen molar-refractivity contribution in [2.24, 2.45) is 5.73 Å². The lowest BCUT2D eigenvalue weighted by Crippen LogP contribution is -2.16. The molecule has 3 rings (SSSR count). The second kappa shape index (κ2) is 4.48. The van der Waals surface area contributed by atoms with Gasteiger partial charge in [0.05, 0.1) is 11.1 Å². The number of anilines is 1. The number of halogens is 3. The fourth-order valence-electron chi connectivity index (χ4n) is 1.97. The Hall–Kier alpha value is -3.04. The normalized spacial score (nSPS) is 12.0. The van der Waals surface area contributed by atoms with Crippen molar-refractivity contribution in [2.75, 3.05) is 5.73 Å². The molecule has 1 amide bonds. The molecule has 0 saturated carbocycles. The number of amides is 1. The van der Waals surface area contributed by atoms with E-state index >= 15 is 0 Å². The lowest BCUT2D eigenvalue weighted by Gasteiger charge is -2.05. The largest absolute Gasteiger partial charge is 0.435 e. The minimum atomic E-state index is -4.70. The first kappa shape index (κ1) is 13.9. The van der Waals surface area contributed by atoms with Crippen LogP contribution in [0.4, 0.5) is 19.0 Å². The highest BCUT2D eigenvalue weighted by molar-refractivity contribution is 5.93. The van der Waals surface area contributed by atoms with Gasteiger partial charge in [-0.2, -0.15) is 18.3 Å². The van der Waals surface area contributed by atoms with E-state index in [9.17, 15) is 18.0 Å². The number of carbonyl (C=O) groups excluding carboxylic acids is 1. The number of rotatable bonds is 2. The highest BCUT2D eigenvalue weighted by atomic mass is 19.4. The summed E-state index contributed by atoms with van der Waals surface area (Å²) >= 11 is 0. The molecular weight excluding hydrogens is 303 g/mol. The average Bonchev–Trinajstić information content (AvgIpc) is 3.02. The van der Waals surface area contributed by atoms with Crippen LogP contribution < -0.4 is 11.5 Å². The smallest absolute Gasteiger partial charge is 0.380 e. The van der Waals surface area contributed by atoms with Gasteiger partial charge in [0.2, 0.25) is 0 Å². The van der Waals surface area contributed by atoms with Crippen molar-refractivity contribution >= 4 is 22.7 Å². The van der Waals surface area contributed by atoms with Gasteiger partial charge in [-0.05, 0) is 18.2 Å². The summed E-state index contributed by atoms with van der Waals surface area (Å²) in [5.74, 6) is -0.970. The van der Waals surface area contributed by atoms with E-state index in [1.165, 1.54) is 18.2 Å². The summed E-state index contributed by atoms with van der Waals surface area (Å²) < 4.78 is 44.0. The lowest BCUT2D eigenvalue weighted by atomic mass is 10.2. The summed E-state index contributed by atoms with van der Waals surface area (Å²) in [5, 5.41) is 7.31. The fraction of sp³-hybridized carbons (Fsp3) is 0.0833. The zero-order valence-corrected chi connectivity index (χ0v) is 10.8. The Labute approximate surface area is 120 Å². The third-order valence-electron chi connectivity index (χ3n) is 2.98. The molecule has 0 aliphatic heterocycles. The highest BCUT2D eigenvalue weighted by Gasteiger charge is 2.35. The number of carbonyl (C=O) groups is 1. The fourth-order valence-corrected chi connectivity index (χ4v) is 1.97. The van der Waals surface area contributed by atoms with Gasteiger partial charge in [-0.1, -0.05) is 5.16 Å². The maximum absolute atomic E-state index is 12.8. The van der Waals surface area contributed by atoms with Crippen molar-refractivity contribution in [3.05, 3.63) is 35.7 Å². The topological polar surface area (TPSA) is 113 Å². The molecule has 7 nitrogen and oxygen atoms in total. The molecule has 0 aliphatic carbocycles. The molecule has 2 aromatic heterocycles. The molecule has 3 aromatic rings. The lowest BCUT2D eigenvalue weighted by molar-refractivity contribution is -0.141. The van der Waals surface area contributed by atoms with Crippen molar-refractivity contribution in [3.63, 3.8) is 0 Å². The van der Waals surface area contributed by atoms with E-state index in [0.29, 0.717) is 17.0 Å². The van der Waals surface area contributed by atoms with Crippen LogP contribution >= 0.6 is 0 Å². The van der Waals surface area contributed by atoms with Gasteiger partial charge < -0.3 is 16.0 Å². The Kier molecular flexibility index (Phi) is 2.83. The predicted molar refractivity (Wildman–Crippen MR) is 69.1 cm³/mol. The monoisotopic (exact) mass is 311 g/mol. The molecule has 0 spiro atoms. The van der Waals surface area contributed by atoms with Gasteiger partial charge in [-0.15, -0.1) is 0 Å². The van der Waals surface area contributed by atoms with E-state index in [4.69, 9.17) is 16.0 Å². The van der Waals surface area contributed by atoms with Crippen molar-refractivity contribution < 1.29 is 22.5 Å². The second-order valence-corrected chi connectivity index (χ2v) is 4.44. The van der Waals surface area contributed by atoms with Crippen molar-refractivity contribution in [3.8, 4) is 5.69 Å². The zero-order valence-electron chi connectivity index (χ0n) is 10.8. The van der Waals surface area contributed by atoms with Crippen LogP contribution in [-0.4, -0.2) is 20.8 Å². The number of nitrogen functional groups attached to an aromatic ring is 1. The SMILES string of the molecule is NC(=O)c1cc(C(F)(F)F)nn1-c1ccc2onc(N)c2c1. The molecule has 22 heavy (non-hydrogen) atoms. The number of nitrogens with two attached hydrogens (primary N) is 2. The maximum atomic E-state index is 12.8. The molecule has 0 unspecified atom stereocenters. The molecule has 2 heterocycles. The molecule has 0 fully saturated rings. The standard InChI is InChI=1S/C12H8F3N5O2/c13-12(14,15)9-4-7(11(17)21)20(18-9)5-1-2-8-6(3-5)10(16)19-22-8/h1-4H,(H2,16,19)(H2,17,21). The van der Waals surface area contributed by atoms with Gasteiger partial charge in [-0.25, -0.2) is 4.68 Å². The third-order valence-corrected chi connectivity index (χ3v) is 2.98. The number of benzene rings is 1. The number of fused-ring (bicyclic) bond motifs is 1. The summed E-state index contributed by atoms with van der Waals surface area (Å²) in [4.78, 5) is 11.4. The van der Waals surface area contributed by atoms with Crippen LogP contribution in [0.1, 0.15) is 16.2 Å². The highest BCUT2D eigenvalue weighted by Crippen LogP contribution is 2.30. The first-order valence-electron chi connectivity index (χ1n) is 5.89. The van der Waals surface area contributed by atoms with Gasteiger partial charge >= 0.3 is 6.18 Å².